The van der Waals surface area contributed by atoms with Crippen LogP contribution in [-0.2, 0) is 79.5 Å². The topological polar surface area (TPSA) is 130 Å². The predicted octanol–water partition coefficient (Wildman–Crippen LogP) is 19.0. The summed E-state index contributed by atoms with van der Waals surface area (Å²) in [6.07, 6.45) is 13.9. The van der Waals surface area contributed by atoms with Gasteiger partial charge in [-0.15, -0.1) is 34.4 Å². The zero-order chi connectivity index (χ0) is 62.4. The zero-order valence-electron chi connectivity index (χ0n) is 55.7. The summed E-state index contributed by atoms with van der Waals surface area (Å²) < 4.78 is 0. The summed E-state index contributed by atoms with van der Waals surface area (Å²) in [4.78, 5) is 16.0. The SMILES string of the molecule is C.C=C=CC(C=C=C)C(=C=C)c1cc(C=NC)c(O)c(C(C)(C)C)c1.C=C=CC(C=C=C)C(=C=C)c1cc(C=NC)c(O)c(C(C)(C)C)c1.CN=Cc1c(C)cc(C(C)(C)C)cc1O.CN=Cc1cc(C(C)(C)C)cc(C(C)(C)C)c1O.[CH3-].[CH3-].[Zr].[Zr]. The van der Waals surface area contributed by atoms with E-state index < -0.39 is 0 Å². The van der Waals surface area contributed by atoms with Gasteiger partial charge in [0.2, 0.25) is 0 Å². The first-order valence-electron chi connectivity index (χ1n) is 26.9. The van der Waals surface area contributed by atoms with Crippen molar-refractivity contribution in [3.8, 4) is 23.0 Å². The third-order valence-electron chi connectivity index (χ3n) is 12.9. The molecule has 4 aromatic rings. The summed E-state index contributed by atoms with van der Waals surface area (Å²) in [7, 11) is 6.78. The van der Waals surface area contributed by atoms with Crippen LogP contribution in [0.1, 0.15) is 178 Å². The quantitative estimate of drug-likeness (QED) is 0.0639. The fourth-order valence-corrected chi connectivity index (χ4v) is 8.41. The minimum atomic E-state index is -0.221. The fraction of sp³-hybridized carbons (Fsp3) is 0.368. The molecule has 4 rings (SSSR count). The molecule has 0 unspecified atom stereocenters. The largest absolute Gasteiger partial charge is 0.507 e. The Labute approximate surface area is 561 Å². The van der Waals surface area contributed by atoms with Crippen LogP contribution in [0.25, 0.3) is 11.1 Å². The Hall–Kier alpha value is -6.35. The average molecular weight is 1320 g/mol. The molecule has 86 heavy (non-hydrogen) atoms. The molecule has 0 heterocycles. The molecule has 0 radical (unpaired) electrons. The van der Waals surface area contributed by atoms with Crippen molar-refractivity contribution < 1.29 is 72.8 Å². The van der Waals surface area contributed by atoms with Gasteiger partial charge in [0.15, 0.2) is 0 Å². The Balaban J connectivity index is -0.000000338. The Morgan fingerprint density at radius 1 is 0.419 bits per heavy atom. The predicted molar refractivity (Wildman–Crippen MR) is 371 cm³/mol. The fourth-order valence-electron chi connectivity index (χ4n) is 8.41. The summed E-state index contributed by atoms with van der Waals surface area (Å²) in [6, 6.07) is 15.8. The van der Waals surface area contributed by atoms with E-state index in [0.717, 1.165) is 61.2 Å². The summed E-state index contributed by atoms with van der Waals surface area (Å²) in [5, 5.41) is 41.4. The second-order valence-electron chi connectivity index (χ2n) is 24.6. The van der Waals surface area contributed by atoms with Gasteiger partial charge in [0.05, 0.1) is 0 Å². The molecule has 0 atom stereocenters. The van der Waals surface area contributed by atoms with Crippen LogP contribution in [-0.4, -0.2) is 73.5 Å². The van der Waals surface area contributed by atoms with E-state index >= 15 is 0 Å². The molecule has 0 bridgehead atoms. The maximum atomic E-state index is 10.6. The van der Waals surface area contributed by atoms with E-state index in [-0.39, 0.29) is 125 Å². The molecule has 0 fully saturated rings. The van der Waals surface area contributed by atoms with Gasteiger partial charge in [-0.1, -0.05) is 163 Å². The van der Waals surface area contributed by atoms with Crippen LogP contribution in [0.2, 0.25) is 0 Å². The number of aromatic hydroxyl groups is 4. The van der Waals surface area contributed by atoms with Gasteiger partial charge in [0.1, 0.15) is 23.0 Å². The Morgan fingerprint density at radius 2 is 0.698 bits per heavy atom. The van der Waals surface area contributed by atoms with E-state index in [0.29, 0.717) is 22.6 Å². The van der Waals surface area contributed by atoms with E-state index in [1.165, 1.54) is 5.56 Å². The van der Waals surface area contributed by atoms with Crippen LogP contribution in [0.5, 0.6) is 23.0 Å². The molecule has 0 aromatic heterocycles. The smallest absolute Gasteiger partial charge is 0.128 e. The number of benzene rings is 4. The molecule has 0 saturated heterocycles. The van der Waals surface area contributed by atoms with Crippen molar-refractivity contribution in [3.63, 3.8) is 0 Å². The molecule has 0 amide bonds. The molecular formula is C76H104N4O4Zr2-2. The molecule has 462 valence electrons. The van der Waals surface area contributed by atoms with Crippen LogP contribution < -0.4 is 0 Å². The number of phenolic OH excluding ortho intramolecular Hbond substituents is 4. The van der Waals surface area contributed by atoms with Crippen molar-refractivity contribution in [3.05, 3.63) is 228 Å². The normalized spacial score (nSPS) is 11.6. The number of aryl methyl sites for hydroxylation is 1. The first-order chi connectivity index (χ1) is 37.5. The molecule has 0 saturated carbocycles. The standard InChI is InChI=1S/2C22H25NO.C16H25NO.C13H19NO.CH4.2CH3.2Zr/c2*1-8-11-16(12-9-2)19(10-3)17-13-18(15-23-7)21(24)20(14-17)22(4,5)6;1-15(2,3)12-8-11(10-17-7)14(18)13(9-12)16(4,5)6;1-9-6-10(13(2,3)4)7-12(15)11(9)8-14-5;;;;;/h2*11-16,24H,1-3H2,4-7H3;8-10,18H,1-7H3;6-8,15H,1-5H3;1H4;2*1H3;;/q;;;;;2*-1;;. The van der Waals surface area contributed by atoms with Gasteiger partial charge in [-0.25, -0.2) is 0 Å². The monoisotopic (exact) mass is 1320 g/mol. The number of hydrogen-bond donors (Lipinski definition) is 4. The van der Waals surface area contributed by atoms with Crippen molar-refractivity contribution in [2.45, 2.75) is 145 Å². The Kier molecular flexibility index (Phi) is 40.5. The number of aliphatic imine (C=N–C) groups is 4. The summed E-state index contributed by atoms with van der Waals surface area (Å²) in [6.45, 7) is 55.8. The number of allylic oxidation sites excluding steroid dienone is 6. The number of hydrogen-bond acceptors (Lipinski definition) is 8. The maximum Gasteiger partial charge on any atom is 0.128 e. The molecule has 10 heteroatoms. The van der Waals surface area contributed by atoms with Gasteiger partial charge in [-0.05, 0) is 123 Å². The van der Waals surface area contributed by atoms with Crippen molar-refractivity contribution in [2.75, 3.05) is 28.2 Å². The summed E-state index contributed by atoms with van der Waals surface area (Å²) >= 11 is 0. The van der Waals surface area contributed by atoms with E-state index in [1.807, 2.05) is 67.6 Å². The zero-order valence-corrected chi connectivity index (χ0v) is 60.6. The second kappa shape index (κ2) is 39.4. The third-order valence-corrected chi connectivity index (χ3v) is 12.9. The minimum Gasteiger partial charge on any atom is -0.507 e. The maximum absolute atomic E-state index is 10.6. The van der Waals surface area contributed by atoms with Crippen LogP contribution in [0.3, 0.4) is 0 Å². The van der Waals surface area contributed by atoms with Crippen LogP contribution >= 0.6 is 0 Å². The first kappa shape index (κ1) is 88.4. The first-order valence-corrected chi connectivity index (χ1v) is 26.9. The van der Waals surface area contributed by atoms with Gasteiger partial charge >= 0.3 is 0 Å². The molecule has 0 aliphatic carbocycles. The number of rotatable bonds is 12. The molecule has 4 aromatic carbocycles. The van der Waals surface area contributed by atoms with E-state index in [1.54, 1.807) is 53.0 Å². The van der Waals surface area contributed by atoms with Gasteiger partial charge in [0, 0.05) is 167 Å². The molecular weight excluding hydrogens is 1220 g/mol. The third kappa shape index (κ3) is 26.3. The molecule has 4 N–H and O–H groups in total. The van der Waals surface area contributed by atoms with E-state index in [2.05, 4.69) is 210 Å². The molecule has 8 nitrogen and oxygen atoms in total. The Morgan fingerprint density at radius 3 is 0.942 bits per heavy atom. The summed E-state index contributed by atoms with van der Waals surface area (Å²) in [5.74, 6) is 0.875. The van der Waals surface area contributed by atoms with Crippen molar-refractivity contribution >= 4 is 36.0 Å². The molecule has 0 aliphatic heterocycles. The van der Waals surface area contributed by atoms with Crippen LogP contribution in [0.4, 0.5) is 0 Å². The van der Waals surface area contributed by atoms with Crippen molar-refractivity contribution in [2.24, 2.45) is 31.8 Å². The molecule has 0 spiro atoms. The molecule has 0 aliphatic rings. The number of nitrogens with zero attached hydrogens (tertiary/aromatic N) is 4. The van der Waals surface area contributed by atoms with Gasteiger partial charge < -0.3 is 35.3 Å². The summed E-state index contributed by atoms with van der Waals surface area (Å²) in [5.41, 5.74) is 29.3. The number of phenols is 4. The average Bonchev–Trinajstić information content (AvgIpc) is 3.35. The van der Waals surface area contributed by atoms with E-state index in [4.69, 9.17) is 0 Å². The van der Waals surface area contributed by atoms with Crippen LogP contribution in [0.15, 0.2) is 167 Å². The second-order valence-corrected chi connectivity index (χ2v) is 24.6. The Bertz CT molecular complexity index is 3100. The van der Waals surface area contributed by atoms with Crippen LogP contribution in [0, 0.1) is 33.6 Å². The van der Waals surface area contributed by atoms with Crippen molar-refractivity contribution in [1.82, 2.24) is 0 Å². The minimum absolute atomic E-state index is 0. The van der Waals surface area contributed by atoms with Gasteiger partial charge in [-0.3, -0.25) is 20.0 Å². The van der Waals surface area contributed by atoms with Gasteiger partial charge in [0.25, 0.3) is 0 Å². The van der Waals surface area contributed by atoms with E-state index in [9.17, 15) is 20.4 Å². The van der Waals surface area contributed by atoms with Crippen molar-refractivity contribution in [1.29, 1.82) is 0 Å². The van der Waals surface area contributed by atoms with Gasteiger partial charge in [-0.2, -0.15) is 0 Å².